The van der Waals surface area contributed by atoms with E-state index >= 15 is 0 Å². The number of carboxylic acid groups (broad SMARTS) is 1. The molecule has 0 aromatic rings. The van der Waals surface area contributed by atoms with E-state index in [9.17, 15) is 9.90 Å². The summed E-state index contributed by atoms with van der Waals surface area (Å²) in [4.78, 5) is 12.5. The third-order valence-electron chi connectivity index (χ3n) is 1.82. The molecular formula is C9H18ClNO2. The van der Waals surface area contributed by atoms with Crippen LogP contribution in [0.1, 0.15) is 26.7 Å². The highest BCUT2D eigenvalue weighted by Crippen LogP contribution is 2.13. The fourth-order valence-electron chi connectivity index (χ4n) is 1.27. The first-order valence-corrected chi connectivity index (χ1v) is 4.15. The Bertz CT molecular complexity index is 200. The second-order valence-electron chi connectivity index (χ2n) is 2.81. The lowest BCUT2D eigenvalue weighted by Crippen LogP contribution is -2.28. The first-order chi connectivity index (χ1) is 5.54. The van der Waals surface area contributed by atoms with Gasteiger partial charge in [-0.15, -0.1) is 0 Å². The number of carbonyl (C=O) groups is 1. The molecule has 0 atom stereocenters. The minimum atomic E-state index is -1.05. The molecule has 0 aliphatic carbocycles. The summed E-state index contributed by atoms with van der Waals surface area (Å²) in [7, 11) is 3.69. The number of halogens is 1. The third-order valence-corrected chi connectivity index (χ3v) is 1.82. The van der Waals surface area contributed by atoms with E-state index in [1.807, 2.05) is 32.8 Å². The van der Waals surface area contributed by atoms with E-state index in [1.54, 1.807) is 0 Å². The first-order valence-electron chi connectivity index (χ1n) is 4.15. The highest BCUT2D eigenvalue weighted by molar-refractivity contribution is 5.85. The smallest absolute Gasteiger partial charge is 0.0903 e. The van der Waals surface area contributed by atoms with Gasteiger partial charge >= 0.3 is 0 Å². The quantitative estimate of drug-likeness (QED) is 0.602. The molecule has 0 rings (SSSR count). The minimum absolute atomic E-state index is 0. The van der Waals surface area contributed by atoms with Gasteiger partial charge in [-0.3, -0.25) is 0 Å². The van der Waals surface area contributed by atoms with Crippen molar-refractivity contribution in [2.24, 2.45) is 0 Å². The van der Waals surface area contributed by atoms with Crippen molar-refractivity contribution in [3.8, 4) is 0 Å². The van der Waals surface area contributed by atoms with E-state index in [1.165, 1.54) is 0 Å². The Morgan fingerprint density at radius 3 is 1.77 bits per heavy atom. The van der Waals surface area contributed by atoms with Crippen LogP contribution >= 0.6 is 0 Å². The highest BCUT2D eigenvalue weighted by atomic mass is 35.5. The molecule has 3 nitrogen and oxygen atoms in total. The summed E-state index contributed by atoms with van der Waals surface area (Å²) in [5, 5.41) is 10.6. The number of rotatable bonds is 4. The van der Waals surface area contributed by atoms with Crippen molar-refractivity contribution in [3.63, 3.8) is 0 Å². The second-order valence-corrected chi connectivity index (χ2v) is 2.81. The van der Waals surface area contributed by atoms with Crippen LogP contribution in [0.4, 0.5) is 0 Å². The van der Waals surface area contributed by atoms with Crippen LogP contribution in [-0.2, 0) is 4.79 Å². The Morgan fingerprint density at radius 1 is 1.23 bits per heavy atom. The van der Waals surface area contributed by atoms with Gasteiger partial charge in [0.05, 0.1) is 18.4 Å². The van der Waals surface area contributed by atoms with E-state index in [0.29, 0.717) is 12.0 Å². The van der Waals surface area contributed by atoms with Gasteiger partial charge in [-0.2, -0.15) is 0 Å². The molecule has 78 valence electrons. The molecule has 0 unspecified atom stereocenters. The van der Waals surface area contributed by atoms with Gasteiger partial charge in [0.15, 0.2) is 0 Å². The van der Waals surface area contributed by atoms with Gasteiger partial charge in [-0.25, -0.2) is 0 Å². The Kier molecular flexibility index (Phi) is 7.72. The molecule has 0 aromatic carbocycles. The zero-order valence-electron chi connectivity index (χ0n) is 8.63. The summed E-state index contributed by atoms with van der Waals surface area (Å²) in [5.74, 6) is -1.05. The molecule has 0 saturated heterocycles. The largest absolute Gasteiger partial charge is 0.545 e. The number of nitrogens with zero attached hydrogens (tertiary/aromatic N) is 1. The highest BCUT2D eigenvalue weighted by Gasteiger charge is 2.05. The fraction of sp³-hybridized carbons (Fsp3) is 0.667. The molecule has 0 aliphatic rings. The number of carbonyl (C=O) groups excluding carboxylic acids is 1. The molecule has 0 amide bonds. The Hall–Kier alpha value is -0.700. The molecule has 0 saturated carbocycles. The lowest BCUT2D eigenvalue weighted by atomic mass is 10.1. The van der Waals surface area contributed by atoms with Crippen molar-refractivity contribution in [1.82, 2.24) is 4.90 Å². The zero-order chi connectivity index (χ0) is 9.72. The minimum Gasteiger partial charge on any atom is -0.545 e. The number of aliphatic carboxylic acids is 1. The number of carboxylic acids is 1. The summed E-state index contributed by atoms with van der Waals surface area (Å²) in [6, 6.07) is 0. The maximum Gasteiger partial charge on any atom is 0.0903 e. The van der Waals surface area contributed by atoms with E-state index < -0.39 is 5.97 Å². The monoisotopic (exact) mass is 207 g/mol. The van der Waals surface area contributed by atoms with Crippen molar-refractivity contribution in [2.45, 2.75) is 26.7 Å². The van der Waals surface area contributed by atoms with Gasteiger partial charge in [-0.1, -0.05) is 13.8 Å². The van der Waals surface area contributed by atoms with Crippen LogP contribution in [0, 0.1) is 12.4 Å². The molecule has 0 aliphatic heterocycles. The molecule has 0 bridgehead atoms. The lowest BCUT2D eigenvalue weighted by Gasteiger charge is -2.21. The summed E-state index contributed by atoms with van der Waals surface area (Å²) in [6.07, 6.45) is 1.24. The topological polar surface area (TPSA) is 43.4 Å². The van der Waals surface area contributed by atoms with Crippen molar-refractivity contribution in [3.05, 3.63) is 11.3 Å². The van der Waals surface area contributed by atoms with Gasteiger partial charge in [0.25, 0.3) is 0 Å². The first kappa shape index (κ1) is 14.8. The third kappa shape index (κ3) is 4.18. The maximum atomic E-state index is 10.6. The Balaban J connectivity index is 0. The molecular weight excluding hydrogens is 190 g/mol. The van der Waals surface area contributed by atoms with Crippen molar-refractivity contribution in [2.75, 3.05) is 14.1 Å². The average Bonchev–Trinajstić information content (AvgIpc) is 1.98. The molecule has 4 heteroatoms. The van der Waals surface area contributed by atoms with Crippen LogP contribution < -0.4 is 5.11 Å². The molecule has 0 spiro atoms. The summed E-state index contributed by atoms with van der Waals surface area (Å²) in [6.45, 7) is 3.76. The van der Waals surface area contributed by atoms with Crippen molar-refractivity contribution < 1.29 is 22.3 Å². The van der Waals surface area contributed by atoms with Crippen LogP contribution in [0.2, 0.25) is 0 Å². The molecule has 13 heavy (non-hydrogen) atoms. The van der Waals surface area contributed by atoms with Crippen LogP contribution in [-0.4, -0.2) is 25.0 Å². The maximum absolute atomic E-state index is 10.6. The average molecular weight is 208 g/mol. The van der Waals surface area contributed by atoms with E-state index in [-0.39, 0.29) is 12.4 Å². The van der Waals surface area contributed by atoms with E-state index in [4.69, 9.17) is 0 Å². The van der Waals surface area contributed by atoms with Gasteiger partial charge in [0.1, 0.15) is 0 Å². The van der Waals surface area contributed by atoms with E-state index in [2.05, 4.69) is 0 Å². The summed E-state index contributed by atoms with van der Waals surface area (Å²) < 4.78 is 0. The van der Waals surface area contributed by atoms with Crippen LogP contribution in [0.25, 0.3) is 0 Å². The number of hydrogen-bond donors (Lipinski definition) is 0. The molecule has 0 N–H and O–H groups in total. The zero-order valence-corrected chi connectivity index (χ0v) is 9.52. The second kappa shape index (κ2) is 6.78. The Labute approximate surface area is 85.8 Å². The lowest BCUT2D eigenvalue weighted by molar-refractivity contribution is -0.299. The number of allylic oxidation sites excluding steroid dienone is 1. The summed E-state index contributed by atoms with van der Waals surface area (Å²) >= 11 is 0. The summed E-state index contributed by atoms with van der Waals surface area (Å²) in [5.41, 5.74) is 1.25. The number of hydrogen-bond acceptors (Lipinski definition) is 3. The Morgan fingerprint density at radius 2 is 1.69 bits per heavy atom. The molecule has 0 fully saturated rings. The normalized spacial score (nSPS) is 11.4. The standard InChI is InChI=1S/C9H17NO2.ClH2/c1-5-7(9(11)12)8(6-2)10(3)4;/h5-6H2,1-4H3,(H,11,12);1H2/q;+1/p-1. The van der Waals surface area contributed by atoms with E-state index in [0.717, 1.165) is 12.1 Å². The SMILES string of the molecule is CCC(C(=O)[O-])=C(CC)N(C)C.[ClH2+]. The van der Waals surface area contributed by atoms with Crippen molar-refractivity contribution in [1.29, 1.82) is 0 Å². The van der Waals surface area contributed by atoms with Crippen molar-refractivity contribution >= 4 is 5.97 Å². The fourth-order valence-corrected chi connectivity index (χ4v) is 1.27. The van der Waals surface area contributed by atoms with Gasteiger partial charge in [0, 0.05) is 19.8 Å². The van der Waals surface area contributed by atoms with Crippen LogP contribution in [0.15, 0.2) is 11.3 Å². The molecule has 0 heterocycles. The predicted octanol–water partition coefficient (Wildman–Crippen LogP) is -0.163. The van der Waals surface area contributed by atoms with Crippen LogP contribution in [0.3, 0.4) is 0 Å². The predicted molar refractivity (Wildman–Crippen MR) is 49.1 cm³/mol. The van der Waals surface area contributed by atoms with Gasteiger partial charge in [0.2, 0.25) is 0 Å². The van der Waals surface area contributed by atoms with Crippen LogP contribution in [0.5, 0.6) is 0 Å². The molecule has 0 radical (unpaired) electrons. The van der Waals surface area contributed by atoms with Gasteiger partial charge < -0.3 is 14.8 Å². The van der Waals surface area contributed by atoms with Gasteiger partial charge in [-0.05, 0) is 18.4 Å². The molecule has 0 aromatic heterocycles.